The molecule has 0 bridgehead atoms. The summed E-state index contributed by atoms with van der Waals surface area (Å²) in [7, 11) is 1.79. The van der Waals surface area contributed by atoms with Crippen molar-refractivity contribution in [2.45, 2.75) is 31.7 Å². The molecule has 18 heavy (non-hydrogen) atoms. The highest BCUT2D eigenvalue weighted by Crippen LogP contribution is 2.35. The van der Waals surface area contributed by atoms with Crippen molar-refractivity contribution in [1.29, 1.82) is 0 Å². The minimum absolute atomic E-state index is 0.0413. The zero-order chi connectivity index (χ0) is 12.5. The number of nitrogens with zero attached hydrogens (tertiary/aromatic N) is 3. The van der Waals surface area contributed by atoms with Crippen LogP contribution in [0.25, 0.3) is 0 Å². The summed E-state index contributed by atoms with van der Waals surface area (Å²) in [4.78, 5) is 14.4. The molecular weight excluding hydrogens is 228 g/mol. The molecule has 1 amide bonds. The van der Waals surface area contributed by atoms with Gasteiger partial charge < -0.3 is 10.2 Å². The summed E-state index contributed by atoms with van der Waals surface area (Å²) >= 11 is 0. The lowest BCUT2D eigenvalue weighted by atomic mass is 10.3. The van der Waals surface area contributed by atoms with E-state index in [9.17, 15) is 4.79 Å². The number of rotatable bonds is 5. The first kappa shape index (κ1) is 11.4. The standard InChI is InChI=1S/C13H18N4O/c1-14-12-7-6-11(15-16-12)13(18)17(10-4-5-10)8-9-2-3-9/h6-7,9-10H,2-5,8H2,1H3,(H,14,16). The third kappa shape index (κ3) is 2.44. The van der Waals surface area contributed by atoms with Crippen LogP contribution in [0.4, 0.5) is 5.82 Å². The summed E-state index contributed by atoms with van der Waals surface area (Å²) in [5, 5.41) is 10.9. The molecule has 2 saturated carbocycles. The van der Waals surface area contributed by atoms with Gasteiger partial charge in [-0.05, 0) is 43.7 Å². The topological polar surface area (TPSA) is 58.1 Å². The molecule has 0 aliphatic heterocycles. The van der Waals surface area contributed by atoms with Gasteiger partial charge in [-0.1, -0.05) is 0 Å². The molecule has 1 heterocycles. The highest BCUT2D eigenvalue weighted by Gasteiger charge is 2.37. The van der Waals surface area contributed by atoms with Crippen molar-refractivity contribution < 1.29 is 4.79 Å². The monoisotopic (exact) mass is 246 g/mol. The molecule has 0 radical (unpaired) electrons. The van der Waals surface area contributed by atoms with E-state index in [0.717, 1.165) is 25.3 Å². The summed E-state index contributed by atoms with van der Waals surface area (Å²) < 4.78 is 0. The van der Waals surface area contributed by atoms with Crippen LogP contribution in [-0.2, 0) is 0 Å². The number of nitrogens with one attached hydrogen (secondary N) is 1. The van der Waals surface area contributed by atoms with E-state index < -0.39 is 0 Å². The Balaban J connectivity index is 1.73. The van der Waals surface area contributed by atoms with Crippen molar-refractivity contribution in [3.63, 3.8) is 0 Å². The Hall–Kier alpha value is -1.65. The number of amides is 1. The van der Waals surface area contributed by atoms with Gasteiger partial charge in [0.1, 0.15) is 5.82 Å². The maximum atomic E-state index is 12.4. The van der Waals surface area contributed by atoms with E-state index in [4.69, 9.17) is 0 Å². The fourth-order valence-corrected chi connectivity index (χ4v) is 2.09. The van der Waals surface area contributed by atoms with E-state index in [-0.39, 0.29) is 5.91 Å². The van der Waals surface area contributed by atoms with Crippen molar-refractivity contribution >= 4 is 11.7 Å². The lowest BCUT2D eigenvalue weighted by Crippen LogP contribution is -2.35. The van der Waals surface area contributed by atoms with Crippen LogP contribution < -0.4 is 5.32 Å². The van der Waals surface area contributed by atoms with Crippen LogP contribution >= 0.6 is 0 Å². The van der Waals surface area contributed by atoms with E-state index in [1.807, 2.05) is 4.90 Å². The van der Waals surface area contributed by atoms with Gasteiger partial charge in [0, 0.05) is 19.6 Å². The Kier molecular flexibility index (Phi) is 2.89. The van der Waals surface area contributed by atoms with Crippen molar-refractivity contribution in [3.05, 3.63) is 17.8 Å². The number of hydrogen-bond donors (Lipinski definition) is 1. The molecule has 0 saturated heterocycles. The Morgan fingerprint density at radius 1 is 1.33 bits per heavy atom. The maximum absolute atomic E-state index is 12.4. The number of carbonyl (C=O) groups excluding carboxylic acids is 1. The Bertz CT molecular complexity index is 437. The molecule has 3 rings (SSSR count). The van der Waals surface area contributed by atoms with E-state index in [1.54, 1.807) is 19.2 Å². The Labute approximate surface area is 107 Å². The van der Waals surface area contributed by atoms with Gasteiger partial charge in [0.15, 0.2) is 5.69 Å². The predicted molar refractivity (Wildman–Crippen MR) is 68.4 cm³/mol. The molecule has 0 atom stereocenters. The summed E-state index contributed by atoms with van der Waals surface area (Å²) in [5.41, 5.74) is 0.460. The second-order valence-electron chi connectivity index (χ2n) is 5.19. The van der Waals surface area contributed by atoms with Crippen LogP contribution in [-0.4, -0.2) is 40.6 Å². The predicted octanol–water partition coefficient (Wildman–Crippen LogP) is 1.53. The minimum Gasteiger partial charge on any atom is -0.372 e. The molecule has 1 aromatic rings. The van der Waals surface area contributed by atoms with Gasteiger partial charge in [-0.15, -0.1) is 10.2 Å². The van der Waals surface area contributed by atoms with Crippen LogP contribution in [0.3, 0.4) is 0 Å². The lowest BCUT2D eigenvalue weighted by molar-refractivity contribution is 0.0727. The summed E-state index contributed by atoms with van der Waals surface area (Å²) in [6.07, 6.45) is 4.81. The van der Waals surface area contributed by atoms with Crippen LogP contribution in [0.15, 0.2) is 12.1 Å². The highest BCUT2D eigenvalue weighted by atomic mass is 16.2. The minimum atomic E-state index is 0.0413. The first-order chi connectivity index (χ1) is 8.78. The van der Waals surface area contributed by atoms with Crippen LogP contribution in [0.1, 0.15) is 36.2 Å². The van der Waals surface area contributed by atoms with Gasteiger partial charge in [-0.3, -0.25) is 4.79 Å². The van der Waals surface area contributed by atoms with Crippen LogP contribution in [0.2, 0.25) is 0 Å². The van der Waals surface area contributed by atoms with E-state index >= 15 is 0 Å². The smallest absolute Gasteiger partial charge is 0.274 e. The van der Waals surface area contributed by atoms with Gasteiger partial charge in [0.2, 0.25) is 0 Å². The van der Waals surface area contributed by atoms with Crippen molar-refractivity contribution in [2.75, 3.05) is 18.9 Å². The van der Waals surface area contributed by atoms with Crippen molar-refractivity contribution in [1.82, 2.24) is 15.1 Å². The molecule has 2 aliphatic rings. The lowest BCUT2D eigenvalue weighted by Gasteiger charge is -2.21. The molecule has 0 spiro atoms. The fourth-order valence-electron chi connectivity index (χ4n) is 2.09. The summed E-state index contributed by atoms with van der Waals surface area (Å²) in [6, 6.07) is 4.00. The molecule has 5 heteroatoms. The number of hydrogen-bond acceptors (Lipinski definition) is 4. The van der Waals surface area contributed by atoms with Gasteiger partial charge >= 0.3 is 0 Å². The first-order valence-electron chi connectivity index (χ1n) is 6.60. The zero-order valence-corrected chi connectivity index (χ0v) is 10.6. The third-order valence-electron chi connectivity index (χ3n) is 3.54. The highest BCUT2D eigenvalue weighted by molar-refractivity contribution is 5.92. The largest absolute Gasteiger partial charge is 0.372 e. The van der Waals surface area contributed by atoms with E-state index in [2.05, 4.69) is 15.5 Å². The Morgan fingerprint density at radius 3 is 2.61 bits per heavy atom. The van der Waals surface area contributed by atoms with Crippen LogP contribution in [0, 0.1) is 5.92 Å². The summed E-state index contributed by atoms with van der Waals surface area (Å²) in [5.74, 6) is 1.45. The molecule has 2 aliphatic carbocycles. The van der Waals surface area contributed by atoms with Gasteiger partial charge in [-0.2, -0.15) is 0 Å². The second-order valence-corrected chi connectivity index (χ2v) is 5.19. The van der Waals surface area contributed by atoms with Gasteiger partial charge in [0.05, 0.1) is 0 Å². The normalized spacial score (nSPS) is 18.5. The third-order valence-corrected chi connectivity index (χ3v) is 3.54. The molecular formula is C13H18N4O. The average Bonchev–Trinajstić information content (AvgIpc) is 3.28. The summed E-state index contributed by atoms with van der Waals surface area (Å²) in [6.45, 7) is 0.902. The Morgan fingerprint density at radius 2 is 2.11 bits per heavy atom. The first-order valence-corrected chi connectivity index (χ1v) is 6.60. The molecule has 5 nitrogen and oxygen atoms in total. The molecule has 2 fully saturated rings. The zero-order valence-electron chi connectivity index (χ0n) is 10.6. The van der Waals surface area contributed by atoms with Crippen molar-refractivity contribution in [3.8, 4) is 0 Å². The molecule has 1 N–H and O–H groups in total. The molecule has 0 unspecified atom stereocenters. The molecule has 96 valence electrons. The molecule has 0 aromatic carbocycles. The maximum Gasteiger partial charge on any atom is 0.274 e. The molecule has 1 aromatic heterocycles. The number of anilines is 1. The van der Waals surface area contributed by atoms with Crippen LogP contribution in [0.5, 0.6) is 0 Å². The van der Waals surface area contributed by atoms with Gasteiger partial charge in [-0.25, -0.2) is 0 Å². The van der Waals surface area contributed by atoms with Gasteiger partial charge in [0.25, 0.3) is 5.91 Å². The van der Waals surface area contributed by atoms with E-state index in [1.165, 1.54) is 12.8 Å². The second kappa shape index (κ2) is 4.55. The fraction of sp³-hybridized carbons (Fsp3) is 0.615. The van der Waals surface area contributed by atoms with Crippen molar-refractivity contribution in [2.24, 2.45) is 5.92 Å². The number of carbonyl (C=O) groups is 1. The van der Waals surface area contributed by atoms with E-state index in [0.29, 0.717) is 17.6 Å². The quantitative estimate of drug-likeness (QED) is 0.856. The average molecular weight is 246 g/mol. The number of aromatic nitrogens is 2. The SMILES string of the molecule is CNc1ccc(C(=O)N(CC2CC2)C2CC2)nn1.